The predicted octanol–water partition coefficient (Wildman–Crippen LogP) is 5.17. The van der Waals surface area contributed by atoms with Gasteiger partial charge in [0.1, 0.15) is 0 Å². The van der Waals surface area contributed by atoms with Gasteiger partial charge in [0.15, 0.2) is 0 Å². The molecule has 0 unspecified atom stereocenters. The lowest BCUT2D eigenvalue weighted by atomic mass is 10.2. The number of fused-ring (bicyclic) bond motifs is 1. The summed E-state index contributed by atoms with van der Waals surface area (Å²) in [4.78, 5) is 1.20. The number of hydrogen-bond donors (Lipinski definition) is 0. The van der Waals surface area contributed by atoms with Crippen molar-refractivity contribution < 1.29 is 0 Å². The van der Waals surface area contributed by atoms with E-state index in [4.69, 9.17) is 34.8 Å². The zero-order valence-corrected chi connectivity index (χ0v) is 9.78. The molecule has 0 aliphatic rings. The van der Waals surface area contributed by atoms with Crippen molar-refractivity contribution in [3.8, 4) is 0 Å². The van der Waals surface area contributed by atoms with Crippen LogP contribution in [0.2, 0.25) is 15.1 Å². The molecule has 1 heterocycles. The maximum absolute atomic E-state index is 6.03. The highest BCUT2D eigenvalue weighted by Gasteiger charge is 2.11. The molecule has 13 heavy (non-hydrogen) atoms. The van der Waals surface area contributed by atoms with Gasteiger partial charge in [0.05, 0.1) is 15.1 Å². The molecule has 0 saturated heterocycles. The van der Waals surface area contributed by atoms with E-state index < -0.39 is 0 Å². The Morgan fingerprint density at radius 2 is 1.77 bits per heavy atom. The first-order valence-electron chi connectivity index (χ1n) is 3.62. The summed E-state index contributed by atoms with van der Waals surface area (Å²) >= 11 is 19.5. The Kier molecular flexibility index (Phi) is 2.45. The fourth-order valence-corrected chi connectivity index (χ4v) is 2.79. The molecule has 0 aliphatic heterocycles. The van der Waals surface area contributed by atoms with Crippen molar-refractivity contribution in [1.29, 1.82) is 0 Å². The molecular weight excluding hydrogens is 247 g/mol. The van der Waals surface area contributed by atoms with E-state index in [9.17, 15) is 0 Å². The van der Waals surface area contributed by atoms with Crippen LogP contribution in [0.15, 0.2) is 11.4 Å². The van der Waals surface area contributed by atoms with Crippen LogP contribution in [-0.4, -0.2) is 0 Å². The van der Waals surface area contributed by atoms with E-state index >= 15 is 0 Å². The Hall–Kier alpha value is 0.0500. The normalized spacial score (nSPS) is 11.1. The monoisotopic (exact) mass is 250 g/mol. The van der Waals surface area contributed by atoms with Crippen molar-refractivity contribution in [1.82, 2.24) is 0 Å². The lowest BCUT2D eigenvalue weighted by molar-refractivity contribution is 1.68. The van der Waals surface area contributed by atoms with Gasteiger partial charge in [-0.25, -0.2) is 0 Å². The Balaban J connectivity index is 2.96. The van der Waals surface area contributed by atoms with Gasteiger partial charge < -0.3 is 0 Å². The third-order valence-electron chi connectivity index (χ3n) is 1.93. The topological polar surface area (TPSA) is 0 Å². The highest BCUT2D eigenvalue weighted by atomic mass is 35.5. The van der Waals surface area contributed by atoms with Gasteiger partial charge in [0.25, 0.3) is 0 Å². The first-order valence-corrected chi connectivity index (χ1v) is 5.64. The van der Waals surface area contributed by atoms with E-state index in [1.165, 1.54) is 4.88 Å². The lowest BCUT2D eigenvalue weighted by Gasteiger charge is -2.00. The van der Waals surface area contributed by atoms with Crippen LogP contribution in [0, 0.1) is 6.92 Å². The van der Waals surface area contributed by atoms with Gasteiger partial charge in [-0.15, -0.1) is 11.3 Å². The minimum absolute atomic E-state index is 0.439. The molecule has 0 aliphatic carbocycles. The fraction of sp³-hybridized carbons (Fsp3) is 0.111. The minimum Gasteiger partial charge on any atom is -0.148 e. The van der Waals surface area contributed by atoms with Gasteiger partial charge in [-0.1, -0.05) is 34.8 Å². The number of rotatable bonds is 0. The fourth-order valence-electron chi connectivity index (χ4n) is 1.23. The maximum Gasteiger partial charge on any atom is 0.0785 e. The Bertz CT molecular complexity index is 473. The van der Waals surface area contributed by atoms with Gasteiger partial charge in [0, 0.05) is 15.6 Å². The molecule has 2 rings (SSSR count). The van der Waals surface area contributed by atoms with Crippen LogP contribution in [0.4, 0.5) is 0 Å². The van der Waals surface area contributed by atoms with Gasteiger partial charge in [-0.3, -0.25) is 0 Å². The third-order valence-corrected chi connectivity index (χ3v) is 4.14. The number of halogens is 3. The maximum atomic E-state index is 6.03. The molecule has 0 nitrogen and oxygen atoms in total. The van der Waals surface area contributed by atoms with E-state index in [1.807, 2.05) is 18.4 Å². The average molecular weight is 252 g/mol. The first kappa shape index (κ1) is 9.60. The summed E-state index contributed by atoms with van der Waals surface area (Å²) in [5.41, 5.74) is 0. The number of aryl methyl sites for hydroxylation is 1. The number of hydrogen-bond acceptors (Lipinski definition) is 1. The summed E-state index contributed by atoms with van der Waals surface area (Å²) in [5.74, 6) is 0. The second kappa shape index (κ2) is 3.32. The molecule has 2 aromatic rings. The molecular formula is C9H5Cl3S. The highest BCUT2D eigenvalue weighted by Crippen LogP contribution is 2.39. The molecule has 68 valence electrons. The van der Waals surface area contributed by atoms with Crippen molar-refractivity contribution in [2.24, 2.45) is 0 Å². The van der Waals surface area contributed by atoms with Crippen LogP contribution >= 0.6 is 46.1 Å². The molecule has 0 N–H and O–H groups in total. The molecule has 1 aromatic carbocycles. The number of thiophene rings is 1. The van der Waals surface area contributed by atoms with Crippen molar-refractivity contribution >= 4 is 56.9 Å². The zero-order valence-electron chi connectivity index (χ0n) is 6.70. The lowest BCUT2D eigenvalue weighted by Crippen LogP contribution is -1.74. The van der Waals surface area contributed by atoms with Crippen molar-refractivity contribution in [2.45, 2.75) is 6.92 Å². The summed E-state index contributed by atoms with van der Waals surface area (Å²) in [5, 5.41) is 5.57. The van der Waals surface area contributed by atoms with Gasteiger partial charge in [-0.2, -0.15) is 0 Å². The standard InChI is InChI=1S/C9H5Cl3S/c1-4-5-2-7(10)9(12)8(11)6(5)3-13-4/h2-3H,1H3. The van der Waals surface area contributed by atoms with E-state index in [-0.39, 0.29) is 0 Å². The summed E-state index contributed by atoms with van der Waals surface area (Å²) in [6.45, 7) is 2.04. The minimum atomic E-state index is 0.439. The largest absolute Gasteiger partial charge is 0.148 e. The summed E-state index contributed by atoms with van der Waals surface area (Å²) in [7, 11) is 0. The van der Waals surface area contributed by atoms with E-state index in [1.54, 1.807) is 11.3 Å². The summed E-state index contributed by atoms with van der Waals surface area (Å²) in [6.07, 6.45) is 0. The van der Waals surface area contributed by atoms with Gasteiger partial charge >= 0.3 is 0 Å². The second-order valence-electron chi connectivity index (χ2n) is 2.74. The van der Waals surface area contributed by atoms with Gasteiger partial charge in [-0.05, 0) is 18.4 Å². The Labute approximate surface area is 95.0 Å². The van der Waals surface area contributed by atoms with Crippen molar-refractivity contribution in [2.75, 3.05) is 0 Å². The quantitative estimate of drug-likeness (QED) is 0.567. The van der Waals surface area contributed by atoms with Crippen LogP contribution in [0.5, 0.6) is 0 Å². The molecule has 0 bridgehead atoms. The molecule has 0 saturated carbocycles. The molecule has 0 amide bonds. The van der Waals surface area contributed by atoms with Crippen LogP contribution in [0.1, 0.15) is 4.88 Å². The van der Waals surface area contributed by atoms with Crippen LogP contribution in [0.25, 0.3) is 10.8 Å². The smallest absolute Gasteiger partial charge is 0.0785 e. The van der Waals surface area contributed by atoms with Crippen molar-refractivity contribution in [3.05, 3.63) is 31.4 Å². The van der Waals surface area contributed by atoms with Crippen LogP contribution in [0.3, 0.4) is 0 Å². The first-order chi connectivity index (χ1) is 6.11. The molecule has 0 atom stereocenters. The summed E-state index contributed by atoms with van der Waals surface area (Å²) in [6, 6.07) is 1.86. The highest BCUT2D eigenvalue weighted by molar-refractivity contribution is 7.11. The molecule has 1 aromatic heterocycles. The van der Waals surface area contributed by atoms with E-state index in [0.717, 1.165) is 10.8 Å². The Morgan fingerprint density at radius 1 is 1.08 bits per heavy atom. The number of benzene rings is 1. The van der Waals surface area contributed by atoms with E-state index in [0.29, 0.717) is 15.1 Å². The van der Waals surface area contributed by atoms with Crippen LogP contribution in [-0.2, 0) is 0 Å². The van der Waals surface area contributed by atoms with E-state index in [2.05, 4.69) is 0 Å². The van der Waals surface area contributed by atoms with Crippen LogP contribution < -0.4 is 0 Å². The molecule has 0 spiro atoms. The average Bonchev–Trinajstić information content (AvgIpc) is 2.45. The molecule has 4 heteroatoms. The second-order valence-corrected chi connectivity index (χ2v) is 4.99. The summed E-state index contributed by atoms with van der Waals surface area (Å²) < 4.78 is 0. The zero-order chi connectivity index (χ0) is 9.59. The third kappa shape index (κ3) is 1.44. The molecule has 0 radical (unpaired) electrons. The van der Waals surface area contributed by atoms with Crippen molar-refractivity contribution in [3.63, 3.8) is 0 Å². The SMILES string of the molecule is Cc1scc2c(Cl)c(Cl)c(Cl)cc12. The Morgan fingerprint density at radius 3 is 2.46 bits per heavy atom. The molecule has 0 fully saturated rings. The predicted molar refractivity (Wildman–Crippen MR) is 61.6 cm³/mol. The van der Waals surface area contributed by atoms with Gasteiger partial charge in [0.2, 0.25) is 0 Å².